The summed E-state index contributed by atoms with van der Waals surface area (Å²) < 4.78 is 37.1. The molecule has 10 nitrogen and oxygen atoms in total. The number of carbonyl (C=O) groups excluding carboxylic acids is 2. The topological polar surface area (TPSA) is 139 Å². The quantitative estimate of drug-likeness (QED) is 0.623. The SMILES string of the molecule is Cn1c(C2CCCN2C(=O)CS(C)(=O)=O)nc(C(=O)NCc2ccc(F)cc2)c(O)c1=O. The molecule has 1 aromatic heterocycles. The second-order valence-electron chi connectivity index (χ2n) is 7.66. The molecular formula is C20H23FN4O6S. The average molecular weight is 466 g/mol. The van der Waals surface area contributed by atoms with Gasteiger partial charge in [-0.2, -0.15) is 0 Å². The van der Waals surface area contributed by atoms with Gasteiger partial charge in [-0.1, -0.05) is 12.1 Å². The normalized spacial score (nSPS) is 16.2. The van der Waals surface area contributed by atoms with Crippen LogP contribution in [0.3, 0.4) is 0 Å². The fourth-order valence-electron chi connectivity index (χ4n) is 3.57. The third-order valence-electron chi connectivity index (χ3n) is 5.14. The molecule has 2 aromatic rings. The molecule has 1 aliphatic rings. The number of sulfone groups is 1. The zero-order chi connectivity index (χ0) is 23.6. The molecule has 0 spiro atoms. The third-order valence-corrected chi connectivity index (χ3v) is 5.91. The number of amides is 2. The first kappa shape index (κ1) is 23.4. The number of halogens is 1. The second kappa shape index (κ2) is 9.07. The molecular weight excluding hydrogens is 443 g/mol. The van der Waals surface area contributed by atoms with Gasteiger partial charge in [0.15, 0.2) is 15.5 Å². The minimum Gasteiger partial charge on any atom is -0.501 e. The van der Waals surface area contributed by atoms with Crippen molar-refractivity contribution in [3.8, 4) is 5.75 Å². The van der Waals surface area contributed by atoms with E-state index in [0.717, 1.165) is 10.8 Å². The Morgan fingerprint density at radius 3 is 2.56 bits per heavy atom. The molecule has 2 amide bonds. The van der Waals surface area contributed by atoms with E-state index in [4.69, 9.17) is 0 Å². The van der Waals surface area contributed by atoms with E-state index in [2.05, 4.69) is 10.3 Å². The van der Waals surface area contributed by atoms with Crippen LogP contribution in [0.2, 0.25) is 0 Å². The molecule has 1 aliphatic heterocycles. The number of aromatic hydroxyl groups is 1. The van der Waals surface area contributed by atoms with Crippen molar-refractivity contribution in [2.24, 2.45) is 7.05 Å². The number of nitrogens with zero attached hydrogens (tertiary/aromatic N) is 3. The van der Waals surface area contributed by atoms with Crippen LogP contribution in [0, 0.1) is 5.82 Å². The standard InChI is InChI=1S/C20H23FN4O6S/c1-24-18(14-4-3-9-25(14)15(26)11-32(2,30)31)23-16(17(27)20(24)29)19(28)22-10-12-5-7-13(21)8-6-12/h5-8,14,27H,3-4,9-11H2,1-2H3,(H,22,28). The van der Waals surface area contributed by atoms with Crippen LogP contribution in [0.1, 0.15) is 40.8 Å². The van der Waals surface area contributed by atoms with Crippen LogP contribution in [-0.4, -0.2) is 58.3 Å². The Hall–Kier alpha value is -3.28. The lowest BCUT2D eigenvalue weighted by Gasteiger charge is -2.25. The first-order chi connectivity index (χ1) is 15.0. The molecule has 1 fully saturated rings. The summed E-state index contributed by atoms with van der Waals surface area (Å²) in [6, 6.07) is 4.70. The number of carbonyl (C=O) groups is 2. The van der Waals surface area contributed by atoms with Gasteiger partial charge in [0.2, 0.25) is 11.7 Å². The number of likely N-dealkylation sites (tertiary alicyclic amines) is 1. The molecule has 32 heavy (non-hydrogen) atoms. The van der Waals surface area contributed by atoms with Gasteiger partial charge in [-0.25, -0.2) is 17.8 Å². The molecule has 172 valence electrons. The summed E-state index contributed by atoms with van der Waals surface area (Å²) in [6.45, 7) is 0.287. The molecule has 1 saturated heterocycles. The zero-order valence-electron chi connectivity index (χ0n) is 17.5. The third kappa shape index (κ3) is 5.13. The molecule has 0 aliphatic carbocycles. The van der Waals surface area contributed by atoms with Crippen molar-refractivity contribution in [3.63, 3.8) is 0 Å². The summed E-state index contributed by atoms with van der Waals surface area (Å²) in [6.07, 6.45) is 1.92. The van der Waals surface area contributed by atoms with E-state index in [1.54, 1.807) is 0 Å². The van der Waals surface area contributed by atoms with Gasteiger partial charge < -0.3 is 15.3 Å². The Kier molecular flexibility index (Phi) is 6.63. The van der Waals surface area contributed by atoms with Gasteiger partial charge in [-0.3, -0.25) is 19.0 Å². The maximum Gasteiger partial charge on any atom is 0.296 e. The highest BCUT2D eigenvalue weighted by atomic mass is 32.2. The number of rotatable bonds is 6. The minimum atomic E-state index is -3.56. The average Bonchev–Trinajstić information content (AvgIpc) is 3.20. The zero-order valence-corrected chi connectivity index (χ0v) is 18.4. The summed E-state index contributed by atoms with van der Waals surface area (Å²) in [5.41, 5.74) is -0.784. The van der Waals surface area contributed by atoms with Crippen LogP contribution in [0.5, 0.6) is 5.75 Å². The first-order valence-corrected chi connectivity index (χ1v) is 11.8. The van der Waals surface area contributed by atoms with E-state index >= 15 is 0 Å². The summed E-state index contributed by atoms with van der Waals surface area (Å²) in [5.74, 6) is -3.33. The summed E-state index contributed by atoms with van der Waals surface area (Å²) in [5, 5.41) is 12.7. The highest BCUT2D eigenvalue weighted by molar-refractivity contribution is 7.91. The molecule has 1 atom stereocenters. The first-order valence-electron chi connectivity index (χ1n) is 9.77. The van der Waals surface area contributed by atoms with Crippen LogP contribution in [-0.2, 0) is 28.2 Å². The lowest BCUT2D eigenvalue weighted by atomic mass is 10.2. The monoisotopic (exact) mass is 466 g/mol. The molecule has 0 saturated carbocycles. The Morgan fingerprint density at radius 2 is 1.94 bits per heavy atom. The Morgan fingerprint density at radius 1 is 1.28 bits per heavy atom. The number of aromatic nitrogens is 2. The van der Waals surface area contributed by atoms with E-state index in [9.17, 15) is 32.3 Å². The van der Waals surface area contributed by atoms with Crippen molar-refractivity contribution in [1.29, 1.82) is 0 Å². The van der Waals surface area contributed by atoms with E-state index < -0.39 is 56.3 Å². The summed E-state index contributed by atoms with van der Waals surface area (Å²) >= 11 is 0. The Bertz CT molecular complexity index is 1210. The van der Waals surface area contributed by atoms with Crippen molar-refractivity contribution in [2.75, 3.05) is 18.6 Å². The smallest absolute Gasteiger partial charge is 0.296 e. The van der Waals surface area contributed by atoms with Gasteiger partial charge in [0.1, 0.15) is 17.4 Å². The van der Waals surface area contributed by atoms with Crippen LogP contribution in [0.15, 0.2) is 29.1 Å². The van der Waals surface area contributed by atoms with Crippen LogP contribution < -0.4 is 10.9 Å². The lowest BCUT2D eigenvalue weighted by Crippen LogP contribution is -2.38. The molecule has 1 aromatic carbocycles. The van der Waals surface area contributed by atoms with Crippen LogP contribution in [0.4, 0.5) is 4.39 Å². The summed E-state index contributed by atoms with van der Waals surface area (Å²) in [7, 11) is -2.21. The molecule has 0 bridgehead atoms. The van der Waals surface area contributed by atoms with Gasteiger partial charge >= 0.3 is 0 Å². The minimum absolute atomic E-state index is 0.00712. The van der Waals surface area contributed by atoms with Gasteiger partial charge in [0.05, 0.1) is 6.04 Å². The maximum atomic E-state index is 13.0. The van der Waals surface area contributed by atoms with Crippen molar-refractivity contribution in [1.82, 2.24) is 19.8 Å². The van der Waals surface area contributed by atoms with E-state index in [1.807, 2.05) is 0 Å². The van der Waals surface area contributed by atoms with Crippen LogP contribution in [0.25, 0.3) is 0 Å². The number of hydrogen-bond acceptors (Lipinski definition) is 7. The fraction of sp³-hybridized carbons (Fsp3) is 0.400. The van der Waals surface area contributed by atoms with Crippen molar-refractivity contribution in [2.45, 2.75) is 25.4 Å². The lowest BCUT2D eigenvalue weighted by molar-refractivity contribution is -0.129. The van der Waals surface area contributed by atoms with Gasteiger partial charge in [-0.15, -0.1) is 0 Å². The van der Waals surface area contributed by atoms with Crippen LogP contribution >= 0.6 is 0 Å². The number of nitrogens with one attached hydrogen (secondary N) is 1. The highest BCUT2D eigenvalue weighted by Crippen LogP contribution is 2.31. The maximum absolute atomic E-state index is 13.0. The molecule has 3 rings (SSSR count). The Balaban J connectivity index is 1.89. The van der Waals surface area contributed by atoms with Gasteiger partial charge in [0, 0.05) is 26.4 Å². The van der Waals surface area contributed by atoms with E-state index in [1.165, 1.54) is 36.2 Å². The van der Waals surface area contributed by atoms with Gasteiger partial charge in [-0.05, 0) is 30.5 Å². The van der Waals surface area contributed by atoms with E-state index in [0.29, 0.717) is 18.4 Å². The van der Waals surface area contributed by atoms with Gasteiger partial charge in [0.25, 0.3) is 11.5 Å². The molecule has 2 N–H and O–H groups in total. The molecule has 12 heteroatoms. The Labute approximate surface area is 183 Å². The summed E-state index contributed by atoms with van der Waals surface area (Å²) in [4.78, 5) is 43.1. The fourth-order valence-corrected chi connectivity index (χ4v) is 4.19. The predicted octanol–water partition coefficient (Wildman–Crippen LogP) is 0.263. The number of benzene rings is 1. The van der Waals surface area contributed by atoms with Crippen molar-refractivity contribution < 1.29 is 27.5 Å². The molecule has 1 unspecified atom stereocenters. The number of hydrogen-bond donors (Lipinski definition) is 2. The van der Waals surface area contributed by atoms with Crippen molar-refractivity contribution >= 4 is 21.7 Å². The predicted molar refractivity (Wildman–Crippen MR) is 112 cm³/mol. The second-order valence-corrected chi connectivity index (χ2v) is 9.80. The largest absolute Gasteiger partial charge is 0.501 e. The molecule has 0 radical (unpaired) electrons. The van der Waals surface area contributed by atoms with Crippen molar-refractivity contribution in [3.05, 3.63) is 57.5 Å². The van der Waals surface area contributed by atoms with E-state index in [-0.39, 0.29) is 18.9 Å². The molecule has 2 heterocycles. The highest BCUT2D eigenvalue weighted by Gasteiger charge is 2.35.